The molecule has 0 heterocycles. The van der Waals surface area contributed by atoms with Crippen LogP contribution in [0.15, 0.2) is 59.5 Å². The first kappa shape index (κ1) is 15.1. The second kappa shape index (κ2) is 7.51. The van der Waals surface area contributed by atoms with E-state index < -0.39 is 0 Å². The zero-order valence-corrected chi connectivity index (χ0v) is 13.3. The Morgan fingerprint density at radius 1 is 1.00 bits per heavy atom. The number of rotatable bonds is 6. The molecule has 20 heavy (non-hydrogen) atoms. The van der Waals surface area contributed by atoms with Crippen molar-refractivity contribution in [2.75, 3.05) is 6.54 Å². The molecule has 106 valence electrons. The van der Waals surface area contributed by atoms with E-state index in [1.165, 1.54) is 16.0 Å². The number of nitrogens with one attached hydrogen (secondary N) is 1. The molecule has 1 nitrogen and oxygen atoms in total. The molecule has 2 unspecified atom stereocenters. The number of benzene rings is 2. The molecule has 1 N–H and O–H groups in total. The Morgan fingerprint density at radius 3 is 2.25 bits per heavy atom. The Hall–Kier alpha value is -1.25. The standard InChI is InChI=1S/C18H23NS/c1-4-19-18(16-12-10-14(2)11-13-16)15(3)20-17-8-6-5-7-9-17/h5-13,15,18-19H,4H2,1-3H3. The van der Waals surface area contributed by atoms with Gasteiger partial charge in [-0.1, -0.05) is 61.9 Å². The molecule has 0 fully saturated rings. The molecule has 0 amide bonds. The van der Waals surface area contributed by atoms with Gasteiger partial charge < -0.3 is 5.32 Å². The summed E-state index contributed by atoms with van der Waals surface area (Å²) in [4.78, 5) is 1.33. The number of hydrogen-bond acceptors (Lipinski definition) is 2. The zero-order chi connectivity index (χ0) is 14.4. The summed E-state index contributed by atoms with van der Waals surface area (Å²) < 4.78 is 0. The Kier molecular flexibility index (Phi) is 5.69. The predicted octanol–water partition coefficient (Wildman–Crippen LogP) is 4.83. The summed E-state index contributed by atoms with van der Waals surface area (Å²) >= 11 is 1.93. The fourth-order valence-electron chi connectivity index (χ4n) is 2.33. The first-order valence-electron chi connectivity index (χ1n) is 7.22. The van der Waals surface area contributed by atoms with Gasteiger partial charge in [0.2, 0.25) is 0 Å². The Bertz CT molecular complexity index is 507. The summed E-state index contributed by atoms with van der Waals surface area (Å²) in [7, 11) is 0. The minimum atomic E-state index is 0.380. The molecule has 0 radical (unpaired) electrons. The lowest BCUT2D eigenvalue weighted by atomic mass is 10.0. The van der Waals surface area contributed by atoms with Crippen molar-refractivity contribution in [2.24, 2.45) is 0 Å². The first-order valence-corrected chi connectivity index (χ1v) is 8.10. The summed E-state index contributed by atoms with van der Waals surface area (Å²) in [6, 6.07) is 19.9. The van der Waals surface area contributed by atoms with Crippen LogP contribution in [0.1, 0.15) is 31.0 Å². The zero-order valence-electron chi connectivity index (χ0n) is 12.5. The summed E-state index contributed by atoms with van der Waals surface area (Å²) in [5.41, 5.74) is 2.68. The average molecular weight is 285 g/mol. The van der Waals surface area contributed by atoms with Gasteiger partial charge in [0, 0.05) is 16.2 Å². The van der Waals surface area contributed by atoms with Crippen LogP contribution >= 0.6 is 11.8 Å². The van der Waals surface area contributed by atoms with Crippen LogP contribution in [0.4, 0.5) is 0 Å². The van der Waals surface area contributed by atoms with Crippen LogP contribution < -0.4 is 5.32 Å². The first-order chi connectivity index (χ1) is 9.70. The lowest BCUT2D eigenvalue weighted by Crippen LogP contribution is -2.28. The highest BCUT2D eigenvalue weighted by atomic mass is 32.2. The molecule has 0 saturated heterocycles. The third kappa shape index (κ3) is 4.12. The van der Waals surface area contributed by atoms with Gasteiger partial charge in [-0.15, -0.1) is 11.8 Å². The SMILES string of the molecule is CCNC(c1ccc(C)cc1)C(C)Sc1ccccc1. The third-order valence-electron chi connectivity index (χ3n) is 3.40. The van der Waals surface area contributed by atoms with Gasteiger partial charge in [-0.25, -0.2) is 0 Å². The van der Waals surface area contributed by atoms with Crippen LogP contribution in [-0.4, -0.2) is 11.8 Å². The van der Waals surface area contributed by atoms with E-state index in [9.17, 15) is 0 Å². The number of aryl methyl sites for hydroxylation is 1. The highest BCUT2D eigenvalue weighted by Crippen LogP contribution is 2.31. The summed E-state index contributed by atoms with van der Waals surface area (Å²) in [6.07, 6.45) is 0. The molecular formula is C18H23NS. The van der Waals surface area contributed by atoms with Crippen molar-refractivity contribution in [1.29, 1.82) is 0 Å². The van der Waals surface area contributed by atoms with Gasteiger partial charge in [0.1, 0.15) is 0 Å². The van der Waals surface area contributed by atoms with Gasteiger partial charge in [0.15, 0.2) is 0 Å². The molecule has 0 aliphatic carbocycles. The fraction of sp³-hybridized carbons (Fsp3) is 0.333. The number of hydrogen-bond donors (Lipinski definition) is 1. The van der Waals surface area contributed by atoms with E-state index in [2.05, 4.69) is 80.7 Å². The Balaban J connectivity index is 2.13. The fourth-order valence-corrected chi connectivity index (χ4v) is 3.46. The molecule has 0 spiro atoms. The molecule has 0 saturated carbocycles. The molecule has 2 rings (SSSR count). The van der Waals surface area contributed by atoms with E-state index in [1.54, 1.807) is 0 Å². The third-order valence-corrected chi connectivity index (χ3v) is 4.58. The van der Waals surface area contributed by atoms with Crippen LogP contribution in [0, 0.1) is 6.92 Å². The molecular weight excluding hydrogens is 262 g/mol. The van der Waals surface area contributed by atoms with Gasteiger partial charge >= 0.3 is 0 Å². The number of thioether (sulfide) groups is 1. The molecule has 0 aliphatic rings. The van der Waals surface area contributed by atoms with E-state index in [-0.39, 0.29) is 0 Å². The van der Waals surface area contributed by atoms with E-state index in [4.69, 9.17) is 0 Å². The Labute approximate surface area is 126 Å². The normalized spacial score (nSPS) is 13.9. The van der Waals surface area contributed by atoms with E-state index in [0.717, 1.165) is 6.54 Å². The van der Waals surface area contributed by atoms with Gasteiger partial charge in [0.25, 0.3) is 0 Å². The minimum absolute atomic E-state index is 0.380. The van der Waals surface area contributed by atoms with Crippen molar-refractivity contribution < 1.29 is 0 Å². The molecule has 2 aromatic carbocycles. The maximum absolute atomic E-state index is 3.62. The highest BCUT2D eigenvalue weighted by molar-refractivity contribution is 8.00. The van der Waals surface area contributed by atoms with Crippen molar-refractivity contribution in [3.8, 4) is 0 Å². The van der Waals surface area contributed by atoms with E-state index in [0.29, 0.717) is 11.3 Å². The molecule has 2 atom stereocenters. The smallest absolute Gasteiger partial charge is 0.0441 e. The maximum Gasteiger partial charge on any atom is 0.0441 e. The summed E-state index contributed by atoms with van der Waals surface area (Å²) in [6.45, 7) is 7.58. The predicted molar refractivity (Wildman–Crippen MR) is 89.4 cm³/mol. The molecule has 2 aromatic rings. The molecule has 0 aromatic heterocycles. The quantitative estimate of drug-likeness (QED) is 0.763. The van der Waals surface area contributed by atoms with Crippen LogP contribution in [0.3, 0.4) is 0 Å². The van der Waals surface area contributed by atoms with E-state index >= 15 is 0 Å². The monoisotopic (exact) mass is 285 g/mol. The van der Waals surface area contributed by atoms with E-state index in [1.807, 2.05) is 11.8 Å². The minimum Gasteiger partial charge on any atom is -0.309 e. The molecule has 0 bridgehead atoms. The lowest BCUT2D eigenvalue weighted by molar-refractivity contribution is 0.548. The van der Waals surface area contributed by atoms with Gasteiger partial charge in [-0.2, -0.15) is 0 Å². The van der Waals surface area contributed by atoms with Crippen molar-refractivity contribution in [2.45, 2.75) is 37.0 Å². The second-order valence-electron chi connectivity index (χ2n) is 5.08. The van der Waals surface area contributed by atoms with Crippen molar-refractivity contribution in [1.82, 2.24) is 5.32 Å². The summed E-state index contributed by atoms with van der Waals surface area (Å²) in [5, 5.41) is 4.10. The highest BCUT2D eigenvalue weighted by Gasteiger charge is 2.19. The largest absolute Gasteiger partial charge is 0.309 e. The van der Waals surface area contributed by atoms with Gasteiger partial charge in [0.05, 0.1) is 0 Å². The molecule has 2 heteroatoms. The summed E-state index contributed by atoms with van der Waals surface area (Å²) in [5.74, 6) is 0. The maximum atomic E-state index is 3.62. The second-order valence-corrected chi connectivity index (χ2v) is 6.53. The van der Waals surface area contributed by atoms with Gasteiger partial charge in [-0.05, 0) is 31.2 Å². The topological polar surface area (TPSA) is 12.0 Å². The Morgan fingerprint density at radius 2 is 1.65 bits per heavy atom. The van der Waals surface area contributed by atoms with Crippen LogP contribution in [-0.2, 0) is 0 Å². The van der Waals surface area contributed by atoms with Gasteiger partial charge in [-0.3, -0.25) is 0 Å². The lowest BCUT2D eigenvalue weighted by Gasteiger charge is -2.25. The van der Waals surface area contributed by atoms with Crippen LogP contribution in [0.5, 0.6) is 0 Å². The van der Waals surface area contributed by atoms with Crippen LogP contribution in [0.25, 0.3) is 0 Å². The molecule has 0 aliphatic heterocycles. The van der Waals surface area contributed by atoms with Crippen molar-refractivity contribution in [3.05, 3.63) is 65.7 Å². The van der Waals surface area contributed by atoms with Crippen molar-refractivity contribution in [3.63, 3.8) is 0 Å². The van der Waals surface area contributed by atoms with Crippen LogP contribution in [0.2, 0.25) is 0 Å². The average Bonchev–Trinajstić information content (AvgIpc) is 2.47. The van der Waals surface area contributed by atoms with Crippen molar-refractivity contribution >= 4 is 11.8 Å².